The van der Waals surface area contributed by atoms with Gasteiger partial charge in [0.1, 0.15) is 5.57 Å². The number of aromatic nitrogens is 1. The van der Waals surface area contributed by atoms with Gasteiger partial charge in [0, 0.05) is 17.4 Å². The number of anilines is 1. The molecule has 0 radical (unpaired) electrons. The van der Waals surface area contributed by atoms with Crippen LogP contribution in [0.1, 0.15) is 54.2 Å². The predicted molar refractivity (Wildman–Crippen MR) is 119 cm³/mol. The van der Waals surface area contributed by atoms with Crippen LogP contribution in [-0.4, -0.2) is 21.5 Å². The van der Waals surface area contributed by atoms with Crippen molar-refractivity contribution in [3.05, 3.63) is 58.4 Å². The minimum atomic E-state index is -0.450. The van der Waals surface area contributed by atoms with E-state index in [2.05, 4.69) is 29.8 Å². The molecule has 2 heterocycles. The lowest BCUT2D eigenvalue weighted by molar-refractivity contribution is -0.122. The van der Waals surface area contributed by atoms with Gasteiger partial charge >= 0.3 is 0 Å². The number of hydrogen-bond acceptors (Lipinski definition) is 3. The third-order valence-electron chi connectivity index (χ3n) is 5.91. The van der Waals surface area contributed by atoms with Crippen LogP contribution >= 0.6 is 12.2 Å². The van der Waals surface area contributed by atoms with E-state index in [1.807, 2.05) is 31.2 Å². The van der Waals surface area contributed by atoms with Crippen molar-refractivity contribution in [3.63, 3.8) is 0 Å². The quantitative estimate of drug-likeness (QED) is 0.467. The molecule has 0 atom stereocenters. The maximum atomic E-state index is 13.2. The lowest BCUT2D eigenvalue weighted by atomic mass is 10.1. The van der Waals surface area contributed by atoms with Crippen LogP contribution in [-0.2, 0) is 9.59 Å². The van der Waals surface area contributed by atoms with Gasteiger partial charge < -0.3 is 4.57 Å². The number of benzene rings is 1. The van der Waals surface area contributed by atoms with Gasteiger partial charge in [0.25, 0.3) is 11.8 Å². The maximum Gasteiger partial charge on any atom is 0.270 e. The number of rotatable bonds is 3. The van der Waals surface area contributed by atoms with Gasteiger partial charge in [-0.05, 0) is 75.7 Å². The number of thiocarbonyl (C=S) groups is 1. The van der Waals surface area contributed by atoms with Gasteiger partial charge in [0.15, 0.2) is 5.11 Å². The van der Waals surface area contributed by atoms with E-state index in [9.17, 15) is 9.59 Å². The van der Waals surface area contributed by atoms with Gasteiger partial charge in [-0.1, -0.05) is 30.5 Å². The molecule has 0 spiro atoms. The Balaban J connectivity index is 1.72. The van der Waals surface area contributed by atoms with Crippen LogP contribution in [0.5, 0.6) is 0 Å². The molecule has 0 unspecified atom stereocenters. The van der Waals surface area contributed by atoms with E-state index in [1.54, 1.807) is 6.08 Å². The van der Waals surface area contributed by atoms with E-state index in [1.165, 1.54) is 30.6 Å². The summed E-state index contributed by atoms with van der Waals surface area (Å²) in [5.41, 5.74) is 5.00. The van der Waals surface area contributed by atoms with E-state index >= 15 is 0 Å². The molecule has 1 saturated heterocycles. The van der Waals surface area contributed by atoms with Crippen molar-refractivity contribution in [1.82, 2.24) is 9.88 Å². The zero-order chi connectivity index (χ0) is 20.7. The molecule has 1 aromatic heterocycles. The van der Waals surface area contributed by atoms with Crippen molar-refractivity contribution in [2.45, 2.75) is 52.5 Å². The second kappa shape index (κ2) is 7.59. The monoisotopic (exact) mass is 407 g/mol. The molecule has 1 aromatic carbocycles. The van der Waals surface area contributed by atoms with Crippen molar-refractivity contribution in [2.24, 2.45) is 0 Å². The van der Waals surface area contributed by atoms with Gasteiger partial charge in [0.05, 0.1) is 5.69 Å². The highest BCUT2D eigenvalue weighted by Crippen LogP contribution is 2.34. The molecule has 0 bridgehead atoms. The van der Waals surface area contributed by atoms with Gasteiger partial charge in [-0.25, -0.2) is 0 Å². The average Bonchev–Trinajstić information content (AvgIpc) is 3.28. The number of nitrogens with one attached hydrogen (secondary N) is 1. The van der Waals surface area contributed by atoms with E-state index in [0.717, 1.165) is 22.5 Å². The smallest absolute Gasteiger partial charge is 0.270 e. The summed E-state index contributed by atoms with van der Waals surface area (Å²) in [7, 11) is 0. The van der Waals surface area contributed by atoms with Gasteiger partial charge in [-0.2, -0.15) is 0 Å². The molecule has 1 saturated carbocycles. The topological polar surface area (TPSA) is 54.3 Å². The van der Waals surface area contributed by atoms with Crippen molar-refractivity contribution in [1.29, 1.82) is 0 Å². The first-order valence-electron chi connectivity index (χ1n) is 10.0. The largest absolute Gasteiger partial charge is 0.346 e. The third-order valence-corrected chi connectivity index (χ3v) is 6.19. The van der Waals surface area contributed by atoms with Crippen molar-refractivity contribution in [2.75, 3.05) is 4.90 Å². The molecule has 2 aromatic rings. The Morgan fingerprint density at radius 1 is 1.07 bits per heavy atom. The summed E-state index contributed by atoms with van der Waals surface area (Å²) in [6, 6.07) is 10.1. The molecule has 2 amide bonds. The van der Waals surface area contributed by atoms with Crippen LogP contribution in [0.15, 0.2) is 35.9 Å². The van der Waals surface area contributed by atoms with Crippen LogP contribution in [0.2, 0.25) is 0 Å². The molecular weight excluding hydrogens is 382 g/mol. The molecule has 4 rings (SSSR count). The van der Waals surface area contributed by atoms with Crippen LogP contribution < -0.4 is 10.2 Å². The summed E-state index contributed by atoms with van der Waals surface area (Å²) < 4.78 is 2.35. The fourth-order valence-corrected chi connectivity index (χ4v) is 4.70. The fraction of sp³-hybridized carbons (Fsp3) is 0.348. The Hall–Kier alpha value is -2.73. The first-order valence-corrected chi connectivity index (χ1v) is 10.4. The highest BCUT2D eigenvalue weighted by atomic mass is 32.1. The highest BCUT2D eigenvalue weighted by Gasteiger charge is 2.34. The van der Waals surface area contributed by atoms with Crippen molar-refractivity contribution < 1.29 is 9.59 Å². The molecule has 5 nitrogen and oxygen atoms in total. The molecular formula is C23H25N3O2S. The zero-order valence-electron chi connectivity index (χ0n) is 17.0. The predicted octanol–water partition coefficient (Wildman–Crippen LogP) is 4.36. The molecule has 6 heteroatoms. The summed E-state index contributed by atoms with van der Waals surface area (Å²) in [6.07, 6.45) is 6.57. The zero-order valence-corrected chi connectivity index (χ0v) is 17.8. The van der Waals surface area contributed by atoms with Gasteiger partial charge in [-0.3, -0.25) is 19.8 Å². The van der Waals surface area contributed by atoms with E-state index in [-0.39, 0.29) is 10.7 Å². The van der Waals surface area contributed by atoms with Gasteiger partial charge in [0.2, 0.25) is 0 Å². The minimum Gasteiger partial charge on any atom is -0.346 e. The summed E-state index contributed by atoms with van der Waals surface area (Å²) in [5.74, 6) is -0.845. The summed E-state index contributed by atoms with van der Waals surface area (Å²) in [5, 5.41) is 2.77. The number of amides is 2. The number of carbonyl (C=O) groups excluding carboxylic acids is 2. The second-order valence-electron chi connectivity index (χ2n) is 7.93. The first kappa shape index (κ1) is 19.6. The van der Waals surface area contributed by atoms with Crippen LogP contribution in [0.25, 0.3) is 6.08 Å². The Kier molecular flexibility index (Phi) is 5.13. The number of nitrogens with zero attached hydrogens (tertiary/aromatic N) is 2. The third kappa shape index (κ3) is 3.53. The molecule has 2 aliphatic rings. The molecule has 1 N–H and O–H groups in total. The minimum absolute atomic E-state index is 0.103. The molecule has 29 heavy (non-hydrogen) atoms. The standard InChI is InChI=1S/C23H25N3O2S/c1-14-8-10-19(11-9-14)26-22(28)20(21(27)24-23(26)29)13-17-12-15(2)25(16(17)3)18-6-4-5-7-18/h8-13,18H,4-7H2,1-3H3,(H,24,27,29)/b20-13+. The van der Waals surface area contributed by atoms with Crippen LogP contribution in [0.4, 0.5) is 5.69 Å². The van der Waals surface area contributed by atoms with Crippen LogP contribution in [0, 0.1) is 20.8 Å². The van der Waals surface area contributed by atoms with Crippen molar-refractivity contribution >= 4 is 40.9 Å². The van der Waals surface area contributed by atoms with Crippen molar-refractivity contribution in [3.8, 4) is 0 Å². The molecule has 150 valence electrons. The summed E-state index contributed by atoms with van der Waals surface area (Å²) in [4.78, 5) is 27.2. The van der Waals surface area contributed by atoms with E-state index in [0.29, 0.717) is 11.7 Å². The van der Waals surface area contributed by atoms with Crippen LogP contribution in [0.3, 0.4) is 0 Å². The SMILES string of the molecule is Cc1ccc(N2C(=O)/C(=C/c3cc(C)n(C4CCCC4)c3C)C(=O)NC2=S)cc1. The Morgan fingerprint density at radius 3 is 2.38 bits per heavy atom. The summed E-state index contributed by atoms with van der Waals surface area (Å²) >= 11 is 5.28. The lowest BCUT2D eigenvalue weighted by Crippen LogP contribution is -2.54. The summed E-state index contributed by atoms with van der Waals surface area (Å²) in [6.45, 7) is 6.13. The first-order chi connectivity index (χ1) is 13.9. The molecule has 1 aliphatic heterocycles. The lowest BCUT2D eigenvalue weighted by Gasteiger charge is -2.29. The maximum absolute atomic E-state index is 13.2. The number of carbonyl (C=O) groups is 2. The van der Waals surface area contributed by atoms with Gasteiger partial charge in [-0.15, -0.1) is 0 Å². The Bertz CT molecular complexity index is 1030. The highest BCUT2D eigenvalue weighted by molar-refractivity contribution is 7.80. The van der Waals surface area contributed by atoms with E-state index < -0.39 is 11.8 Å². The number of aryl methyl sites for hydroxylation is 2. The normalized spacial score (nSPS) is 19.3. The molecule has 1 aliphatic carbocycles. The Labute approximate surface area is 176 Å². The molecule has 2 fully saturated rings. The fourth-order valence-electron chi connectivity index (χ4n) is 4.41. The number of hydrogen-bond donors (Lipinski definition) is 1. The average molecular weight is 408 g/mol. The Morgan fingerprint density at radius 2 is 1.72 bits per heavy atom. The van der Waals surface area contributed by atoms with E-state index in [4.69, 9.17) is 12.2 Å². The second-order valence-corrected chi connectivity index (χ2v) is 8.31.